The topological polar surface area (TPSA) is 154 Å². The van der Waals surface area contributed by atoms with Gasteiger partial charge in [0.25, 0.3) is 0 Å². The molecule has 0 atom stereocenters. The average Bonchev–Trinajstić information content (AvgIpc) is 3.74. The number of carbonyl (C=O) groups excluding carboxylic acids is 2. The summed E-state index contributed by atoms with van der Waals surface area (Å²) in [6.07, 6.45) is 0.867. The summed E-state index contributed by atoms with van der Waals surface area (Å²) in [7, 11) is 3.28. The quantitative estimate of drug-likeness (QED) is 0.258. The fraction of sp³-hybridized carbons (Fsp3) is 0.543. The van der Waals surface area contributed by atoms with Gasteiger partial charge in [0.15, 0.2) is 10.3 Å². The minimum atomic E-state index is -0.528. The molecule has 0 spiro atoms. The first kappa shape index (κ1) is 36.7. The summed E-state index contributed by atoms with van der Waals surface area (Å²) >= 11 is 2.97. The molecule has 14 nitrogen and oxygen atoms in total. The lowest BCUT2D eigenvalue weighted by Gasteiger charge is -2.32. The van der Waals surface area contributed by atoms with Crippen LogP contribution in [0.15, 0.2) is 24.3 Å². The van der Waals surface area contributed by atoms with Crippen molar-refractivity contribution in [2.45, 2.75) is 39.2 Å². The van der Waals surface area contributed by atoms with Gasteiger partial charge in [0.1, 0.15) is 28.1 Å². The van der Waals surface area contributed by atoms with Gasteiger partial charge in [-0.05, 0) is 57.9 Å². The molecule has 0 aliphatic carbocycles. The van der Waals surface area contributed by atoms with Crippen molar-refractivity contribution in [2.75, 3.05) is 101 Å². The molecule has 16 heteroatoms. The number of anilines is 4. The second-order valence-electron chi connectivity index (χ2n) is 13.4. The summed E-state index contributed by atoms with van der Waals surface area (Å²) in [4.78, 5) is 40.5. The standard InChI is InChI=1S/C23H32N4O5S.C12H15N3O2S/c1-23(2,3)32-22(29)27-9-7-15(8-10-27)20(28)25-21-24-18-17(30-4)6-5-16(19(18)33-21)26-11-13-31-14-12-26;1-16-9-3-2-8(15-4-6-17-7-5-15)11-10(9)14-12(13)18-11/h5-6,15H,7-14H2,1-4H3,(H,24,25,28);2-3H,4-7H2,1H3,(H2,13,14). The SMILES string of the molecule is COc1ccc(N2CCOCC2)c2sc(N)nc12.COc1ccc(N2CCOCC2)c2sc(NC(=O)C3CCN(C(=O)OC(C)(C)C)CC3)nc12. The van der Waals surface area contributed by atoms with Crippen LogP contribution in [-0.4, -0.2) is 112 Å². The lowest BCUT2D eigenvalue weighted by Crippen LogP contribution is -2.43. The number of nitrogen functional groups attached to an aromatic ring is 1. The molecule has 276 valence electrons. The zero-order chi connectivity index (χ0) is 36.1. The first-order chi connectivity index (χ1) is 24.5. The Morgan fingerprint density at radius 3 is 1.82 bits per heavy atom. The number of amides is 2. The number of methoxy groups -OCH3 is 2. The minimum Gasteiger partial charge on any atom is -0.494 e. The normalized spacial score (nSPS) is 17.2. The molecule has 3 N–H and O–H groups in total. The molecule has 2 aromatic carbocycles. The van der Waals surface area contributed by atoms with E-state index in [1.807, 2.05) is 39.0 Å². The van der Waals surface area contributed by atoms with Crippen LogP contribution in [0.25, 0.3) is 20.4 Å². The van der Waals surface area contributed by atoms with E-state index in [-0.39, 0.29) is 17.9 Å². The number of thiazole rings is 2. The number of nitrogens with zero attached hydrogens (tertiary/aromatic N) is 5. The Balaban J connectivity index is 0.000000208. The van der Waals surface area contributed by atoms with E-state index >= 15 is 0 Å². The third-order valence-corrected chi connectivity index (χ3v) is 10.8. The minimum absolute atomic E-state index is 0.0650. The Kier molecular flexibility index (Phi) is 11.5. The van der Waals surface area contributed by atoms with E-state index < -0.39 is 5.60 Å². The lowest BCUT2D eigenvalue weighted by atomic mass is 9.96. The maximum absolute atomic E-state index is 13.0. The van der Waals surface area contributed by atoms with Gasteiger partial charge in [-0.2, -0.15) is 0 Å². The van der Waals surface area contributed by atoms with E-state index in [4.69, 9.17) is 29.4 Å². The van der Waals surface area contributed by atoms with Crippen molar-refractivity contribution in [1.82, 2.24) is 14.9 Å². The van der Waals surface area contributed by atoms with Gasteiger partial charge in [0.2, 0.25) is 5.91 Å². The highest BCUT2D eigenvalue weighted by molar-refractivity contribution is 7.23. The van der Waals surface area contributed by atoms with E-state index in [1.54, 1.807) is 19.1 Å². The Bertz CT molecular complexity index is 1820. The first-order valence-corrected chi connectivity index (χ1v) is 18.8. The number of benzene rings is 2. The van der Waals surface area contributed by atoms with Crippen molar-refractivity contribution in [3.8, 4) is 11.5 Å². The molecule has 2 amide bonds. The van der Waals surface area contributed by atoms with Crippen LogP contribution in [0.4, 0.5) is 26.4 Å². The number of rotatable bonds is 6. The Morgan fingerprint density at radius 2 is 1.31 bits per heavy atom. The van der Waals surface area contributed by atoms with Gasteiger partial charge in [-0.3, -0.25) is 4.79 Å². The number of hydrogen-bond acceptors (Lipinski definition) is 14. The number of nitrogens with two attached hydrogens (primary N) is 1. The van der Waals surface area contributed by atoms with Crippen LogP contribution in [-0.2, 0) is 19.0 Å². The molecule has 0 radical (unpaired) electrons. The number of likely N-dealkylation sites (tertiary alicyclic amines) is 1. The van der Waals surface area contributed by atoms with Gasteiger partial charge in [-0.1, -0.05) is 22.7 Å². The van der Waals surface area contributed by atoms with Crippen molar-refractivity contribution in [3.63, 3.8) is 0 Å². The van der Waals surface area contributed by atoms with Gasteiger partial charge < -0.3 is 49.4 Å². The van der Waals surface area contributed by atoms with Crippen LogP contribution in [0.2, 0.25) is 0 Å². The Hall–Kier alpha value is -4.12. The fourth-order valence-corrected chi connectivity index (χ4v) is 8.22. The molecule has 7 rings (SSSR count). The van der Waals surface area contributed by atoms with E-state index in [0.717, 1.165) is 71.3 Å². The molecule has 3 aliphatic heterocycles. The molecule has 51 heavy (non-hydrogen) atoms. The number of morpholine rings is 2. The van der Waals surface area contributed by atoms with E-state index in [2.05, 4.69) is 31.2 Å². The predicted octanol–water partition coefficient (Wildman–Crippen LogP) is 5.45. The van der Waals surface area contributed by atoms with E-state index in [1.165, 1.54) is 28.4 Å². The maximum Gasteiger partial charge on any atom is 0.410 e. The molecular formula is C35H47N7O7S2. The monoisotopic (exact) mass is 741 g/mol. The van der Waals surface area contributed by atoms with Crippen molar-refractivity contribution in [1.29, 1.82) is 0 Å². The van der Waals surface area contributed by atoms with E-state index in [0.29, 0.717) is 55.2 Å². The van der Waals surface area contributed by atoms with Gasteiger partial charge in [-0.25, -0.2) is 14.8 Å². The summed E-state index contributed by atoms with van der Waals surface area (Å²) in [6, 6.07) is 7.99. The molecule has 5 heterocycles. The molecule has 4 aromatic rings. The maximum atomic E-state index is 13.0. The average molecular weight is 742 g/mol. The zero-order valence-corrected chi connectivity index (χ0v) is 31.5. The highest BCUT2D eigenvalue weighted by atomic mass is 32.1. The van der Waals surface area contributed by atoms with Crippen molar-refractivity contribution >= 4 is 76.7 Å². The van der Waals surface area contributed by atoms with Crippen LogP contribution >= 0.6 is 22.7 Å². The van der Waals surface area contributed by atoms with Gasteiger partial charge in [0.05, 0.1) is 61.4 Å². The number of hydrogen-bond donors (Lipinski definition) is 2. The van der Waals surface area contributed by atoms with Crippen LogP contribution in [0.1, 0.15) is 33.6 Å². The van der Waals surface area contributed by atoms with Crippen LogP contribution in [0.5, 0.6) is 11.5 Å². The summed E-state index contributed by atoms with van der Waals surface area (Å²) in [5, 5.41) is 4.13. The molecule has 3 saturated heterocycles. The molecule has 0 unspecified atom stereocenters. The Morgan fingerprint density at radius 1 is 0.804 bits per heavy atom. The summed E-state index contributed by atoms with van der Waals surface area (Å²) in [5.41, 5.74) is 9.15. The molecule has 0 bridgehead atoms. The molecule has 3 fully saturated rings. The summed E-state index contributed by atoms with van der Waals surface area (Å²) < 4.78 is 29.2. The highest BCUT2D eigenvalue weighted by Gasteiger charge is 2.31. The number of aromatic nitrogens is 2. The second kappa shape index (κ2) is 16.0. The van der Waals surface area contributed by atoms with Crippen LogP contribution in [0.3, 0.4) is 0 Å². The number of carbonyl (C=O) groups is 2. The van der Waals surface area contributed by atoms with Crippen LogP contribution < -0.4 is 30.3 Å². The largest absolute Gasteiger partial charge is 0.494 e. The highest BCUT2D eigenvalue weighted by Crippen LogP contribution is 2.40. The number of ether oxygens (including phenoxy) is 5. The summed E-state index contributed by atoms with van der Waals surface area (Å²) in [6.45, 7) is 12.9. The first-order valence-electron chi connectivity index (χ1n) is 17.2. The Labute approximate surface area is 305 Å². The number of piperidine rings is 1. The second-order valence-corrected chi connectivity index (χ2v) is 15.5. The molecular weight excluding hydrogens is 695 g/mol. The fourth-order valence-electron chi connectivity index (χ4n) is 6.30. The third kappa shape index (κ3) is 8.68. The summed E-state index contributed by atoms with van der Waals surface area (Å²) in [5.74, 6) is 1.22. The van der Waals surface area contributed by atoms with Gasteiger partial charge in [-0.15, -0.1) is 0 Å². The van der Waals surface area contributed by atoms with Gasteiger partial charge >= 0.3 is 6.09 Å². The predicted molar refractivity (Wildman–Crippen MR) is 202 cm³/mol. The van der Waals surface area contributed by atoms with Crippen molar-refractivity contribution in [3.05, 3.63) is 24.3 Å². The number of fused-ring (bicyclic) bond motifs is 2. The zero-order valence-electron chi connectivity index (χ0n) is 29.9. The molecule has 2 aromatic heterocycles. The smallest absolute Gasteiger partial charge is 0.410 e. The molecule has 3 aliphatic rings. The van der Waals surface area contributed by atoms with E-state index in [9.17, 15) is 9.59 Å². The number of nitrogens with one attached hydrogen (secondary N) is 1. The van der Waals surface area contributed by atoms with Crippen molar-refractivity contribution < 1.29 is 33.3 Å². The lowest BCUT2D eigenvalue weighted by molar-refractivity contribution is -0.121. The van der Waals surface area contributed by atoms with Crippen LogP contribution in [0, 0.1) is 5.92 Å². The van der Waals surface area contributed by atoms with Crippen molar-refractivity contribution in [2.24, 2.45) is 5.92 Å². The molecule has 0 saturated carbocycles. The third-order valence-electron chi connectivity index (χ3n) is 8.88. The van der Waals surface area contributed by atoms with Gasteiger partial charge in [0, 0.05) is 45.2 Å².